The molecule has 1 heterocycles. The molecule has 0 bridgehead atoms. The summed E-state index contributed by atoms with van der Waals surface area (Å²) in [7, 11) is 1.66. The zero-order valence-corrected chi connectivity index (χ0v) is 9.48. The average molecular weight is 223 g/mol. The highest BCUT2D eigenvalue weighted by atomic mass is 16.5. The normalized spacial score (nSPS) is 14.2. The highest BCUT2D eigenvalue weighted by Crippen LogP contribution is 2.34. The van der Waals surface area contributed by atoms with Crippen LogP contribution in [-0.2, 0) is 0 Å². The topological polar surface area (TPSA) is 41.9 Å². The van der Waals surface area contributed by atoms with Crippen LogP contribution in [0.1, 0.15) is 6.42 Å². The monoisotopic (exact) mass is 223 g/mol. The predicted octanol–water partition coefficient (Wildman–Crippen LogP) is 1.28. The average Bonchev–Trinajstić information content (AvgIpc) is 2.35. The Balaban J connectivity index is 2.21. The van der Waals surface area contributed by atoms with Crippen molar-refractivity contribution in [2.24, 2.45) is 0 Å². The summed E-state index contributed by atoms with van der Waals surface area (Å²) in [5.74, 6) is 1.73. The minimum absolute atomic E-state index is 0.219. The van der Waals surface area contributed by atoms with Gasteiger partial charge in [0.1, 0.15) is 18.1 Å². The van der Waals surface area contributed by atoms with Crippen LogP contribution in [0.3, 0.4) is 0 Å². The number of anilines is 1. The minimum Gasteiger partial charge on any atom is -0.497 e. The van der Waals surface area contributed by atoms with Crippen molar-refractivity contribution in [2.75, 3.05) is 38.3 Å². The molecule has 0 fully saturated rings. The number of aliphatic hydroxyl groups is 1. The van der Waals surface area contributed by atoms with Gasteiger partial charge in [0.05, 0.1) is 19.3 Å². The maximum Gasteiger partial charge on any atom is 0.142 e. The number of aliphatic hydroxyl groups excluding tert-OH is 1. The van der Waals surface area contributed by atoms with Gasteiger partial charge in [-0.3, -0.25) is 0 Å². The Morgan fingerprint density at radius 2 is 2.38 bits per heavy atom. The fraction of sp³-hybridized carbons (Fsp3) is 0.500. The second-order valence-electron chi connectivity index (χ2n) is 3.75. The van der Waals surface area contributed by atoms with E-state index in [2.05, 4.69) is 4.90 Å². The standard InChI is InChI=1S/C12H17NO3/c1-15-10-3-4-12-11(9-10)13(5-2-7-14)6-8-16-12/h3-4,9,14H,2,5-8H2,1H3. The number of rotatable bonds is 4. The van der Waals surface area contributed by atoms with Crippen LogP contribution in [0.2, 0.25) is 0 Å². The van der Waals surface area contributed by atoms with Crippen molar-refractivity contribution in [2.45, 2.75) is 6.42 Å². The molecule has 0 radical (unpaired) electrons. The SMILES string of the molecule is COc1ccc2c(c1)N(CCCO)CCO2. The Labute approximate surface area is 95.4 Å². The summed E-state index contributed by atoms with van der Waals surface area (Å²) < 4.78 is 10.8. The van der Waals surface area contributed by atoms with Crippen LogP contribution in [0.15, 0.2) is 18.2 Å². The number of ether oxygens (including phenoxy) is 2. The van der Waals surface area contributed by atoms with Crippen LogP contribution in [0.4, 0.5) is 5.69 Å². The van der Waals surface area contributed by atoms with E-state index >= 15 is 0 Å². The molecule has 0 atom stereocenters. The van der Waals surface area contributed by atoms with Crippen molar-refractivity contribution in [3.8, 4) is 11.5 Å². The predicted molar refractivity (Wildman–Crippen MR) is 62.4 cm³/mol. The van der Waals surface area contributed by atoms with Crippen molar-refractivity contribution >= 4 is 5.69 Å². The number of hydrogen-bond donors (Lipinski definition) is 1. The first-order chi connectivity index (χ1) is 7.85. The van der Waals surface area contributed by atoms with Crippen molar-refractivity contribution in [3.63, 3.8) is 0 Å². The van der Waals surface area contributed by atoms with Gasteiger partial charge in [0.15, 0.2) is 0 Å². The molecule has 4 heteroatoms. The van der Waals surface area contributed by atoms with Crippen LogP contribution >= 0.6 is 0 Å². The summed E-state index contributed by atoms with van der Waals surface area (Å²) in [6.45, 7) is 2.63. The first-order valence-corrected chi connectivity index (χ1v) is 5.52. The van der Waals surface area contributed by atoms with Gasteiger partial charge in [-0.25, -0.2) is 0 Å². The number of benzene rings is 1. The molecule has 1 aromatic rings. The van der Waals surface area contributed by atoms with Crippen LogP contribution < -0.4 is 14.4 Å². The number of nitrogens with zero attached hydrogens (tertiary/aromatic N) is 1. The summed E-state index contributed by atoms with van der Waals surface area (Å²) in [4.78, 5) is 2.22. The van der Waals surface area contributed by atoms with Gasteiger partial charge in [-0.1, -0.05) is 0 Å². The molecule has 16 heavy (non-hydrogen) atoms. The second-order valence-corrected chi connectivity index (χ2v) is 3.75. The van der Waals surface area contributed by atoms with Gasteiger partial charge in [-0.2, -0.15) is 0 Å². The molecule has 1 N–H and O–H groups in total. The van der Waals surface area contributed by atoms with Gasteiger partial charge in [0.25, 0.3) is 0 Å². The zero-order valence-electron chi connectivity index (χ0n) is 9.48. The lowest BCUT2D eigenvalue weighted by Crippen LogP contribution is -2.33. The van der Waals surface area contributed by atoms with E-state index in [1.54, 1.807) is 7.11 Å². The summed E-state index contributed by atoms with van der Waals surface area (Å²) in [5, 5.41) is 8.86. The van der Waals surface area contributed by atoms with Crippen LogP contribution in [-0.4, -0.2) is 38.5 Å². The molecule has 88 valence electrons. The fourth-order valence-electron chi connectivity index (χ4n) is 1.87. The molecular formula is C12H17NO3. The van der Waals surface area contributed by atoms with Crippen LogP contribution in [0, 0.1) is 0 Å². The first-order valence-electron chi connectivity index (χ1n) is 5.52. The molecule has 0 amide bonds. The van der Waals surface area contributed by atoms with E-state index in [-0.39, 0.29) is 6.61 Å². The van der Waals surface area contributed by atoms with Gasteiger partial charge >= 0.3 is 0 Å². The fourth-order valence-corrected chi connectivity index (χ4v) is 1.87. The molecule has 1 aliphatic heterocycles. The van der Waals surface area contributed by atoms with E-state index in [0.717, 1.165) is 36.7 Å². The molecule has 0 aromatic heterocycles. The smallest absolute Gasteiger partial charge is 0.142 e. The molecule has 0 saturated carbocycles. The van der Waals surface area contributed by atoms with E-state index in [4.69, 9.17) is 14.6 Å². The quantitative estimate of drug-likeness (QED) is 0.835. The lowest BCUT2D eigenvalue weighted by molar-refractivity contribution is 0.279. The van der Waals surface area contributed by atoms with Crippen LogP contribution in [0.25, 0.3) is 0 Å². The number of fused-ring (bicyclic) bond motifs is 1. The molecule has 4 nitrogen and oxygen atoms in total. The zero-order chi connectivity index (χ0) is 11.4. The molecular weight excluding hydrogens is 206 g/mol. The molecule has 0 aliphatic carbocycles. The van der Waals surface area contributed by atoms with E-state index < -0.39 is 0 Å². The van der Waals surface area contributed by atoms with E-state index in [9.17, 15) is 0 Å². The van der Waals surface area contributed by atoms with Gasteiger partial charge in [-0.15, -0.1) is 0 Å². The van der Waals surface area contributed by atoms with Gasteiger partial charge < -0.3 is 19.5 Å². The highest BCUT2D eigenvalue weighted by Gasteiger charge is 2.18. The Bertz CT molecular complexity index is 354. The van der Waals surface area contributed by atoms with Crippen molar-refractivity contribution in [1.82, 2.24) is 0 Å². The van der Waals surface area contributed by atoms with E-state index in [1.165, 1.54) is 0 Å². The van der Waals surface area contributed by atoms with Crippen molar-refractivity contribution < 1.29 is 14.6 Å². The summed E-state index contributed by atoms with van der Waals surface area (Å²) in [6.07, 6.45) is 0.774. The second kappa shape index (κ2) is 5.07. The molecule has 2 rings (SSSR count). The van der Waals surface area contributed by atoms with Gasteiger partial charge in [0.2, 0.25) is 0 Å². The lowest BCUT2D eigenvalue weighted by atomic mass is 10.2. The molecule has 0 saturated heterocycles. The third-order valence-corrected chi connectivity index (χ3v) is 2.71. The maximum atomic E-state index is 8.86. The van der Waals surface area contributed by atoms with Crippen molar-refractivity contribution in [3.05, 3.63) is 18.2 Å². The third kappa shape index (κ3) is 2.22. The highest BCUT2D eigenvalue weighted by molar-refractivity contribution is 5.62. The third-order valence-electron chi connectivity index (χ3n) is 2.71. The Hall–Kier alpha value is -1.42. The molecule has 0 unspecified atom stereocenters. The largest absolute Gasteiger partial charge is 0.497 e. The summed E-state index contributed by atoms with van der Waals surface area (Å²) in [5.41, 5.74) is 1.05. The van der Waals surface area contributed by atoms with Gasteiger partial charge in [-0.05, 0) is 18.6 Å². The van der Waals surface area contributed by atoms with Crippen LogP contribution in [0.5, 0.6) is 11.5 Å². The number of hydrogen-bond acceptors (Lipinski definition) is 4. The number of methoxy groups -OCH3 is 1. The van der Waals surface area contributed by atoms with Gasteiger partial charge in [0, 0.05) is 19.2 Å². The molecule has 1 aromatic carbocycles. The van der Waals surface area contributed by atoms with E-state index in [0.29, 0.717) is 6.61 Å². The Morgan fingerprint density at radius 1 is 1.50 bits per heavy atom. The Morgan fingerprint density at radius 3 is 3.12 bits per heavy atom. The molecule has 1 aliphatic rings. The summed E-state index contributed by atoms with van der Waals surface area (Å²) in [6, 6.07) is 5.81. The van der Waals surface area contributed by atoms with Crippen molar-refractivity contribution in [1.29, 1.82) is 0 Å². The first kappa shape index (κ1) is 11.1. The van der Waals surface area contributed by atoms with E-state index in [1.807, 2.05) is 18.2 Å². The minimum atomic E-state index is 0.219. The maximum absolute atomic E-state index is 8.86. The summed E-state index contributed by atoms with van der Waals surface area (Å²) >= 11 is 0. The lowest BCUT2D eigenvalue weighted by Gasteiger charge is -2.31. The molecule has 0 spiro atoms. The Kier molecular flexibility index (Phi) is 3.51.